The summed E-state index contributed by atoms with van der Waals surface area (Å²) in [5.74, 6) is 0.708. The van der Waals surface area contributed by atoms with Crippen LogP contribution in [-0.2, 0) is 12.8 Å². The van der Waals surface area contributed by atoms with Crippen LogP contribution >= 0.6 is 0 Å². The van der Waals surface area contributed by atoms with Crippen LogP contribution in [0.15, 0.2) is 48.8 Å². The molecule has 2 atom stereocenters. The first-order valence-corrected chi connectivity index (χ1v) is 12.2. The second kappa shape index (κ2) is 8.13. The zero-order valence-electron chi connectivity index (χ0n) is 19.1. The molecule has 0 unspecified atom stereocenters. The molecule has 5 heterocycles. The van der Waals surface area contributed by atoms with Gasteiger partial charge in [0, 0.05) is 40.5 Å². The summed E-state index contributed by atoms with van der Waals surface area (Å²) in [5, 5.41) is 12.6. The minimum Gasteiger partial charge on any atom is -0.358 e. The van der Waals surface area contributed by atoms with Crippen molar-refractivity contribution in [1.29, 1.82) is 0 Å². The normalized spacial score (nSPS) is 19.9. The number of halogens is 1. The van der Waals surface area contributed by atoms with E-state index in [-0.39, 0.29) is 17.9 Å². The van der Waals surface area contributed by atoms with Gasteiger partial charge in [-0.2, -0.15) is 14.6 Å². The number of nitrogens with one attached hydrogen (secondary N) is 3. The van der Waals surface area contributed by atoms with Gasteiger partial charge >= 0.3 is 0 Å². The van der Waals surface area contributed by atoms with Gasteiger partial charge in [0.15, 0.2) is 11.5 Å². The van der Waals surface area contributed by atoms with Gasteiger partial charge in [-0.1, -0.05) is 18.2 Å². The monoisotopic (exact) mass is 468 g/mol. The molecule has 0 saturated carbocycles. The van der Waals surface area contributed by atoms with E-state index < -0.39 is 0 Å². The highest BCUT2D eigenvalue weighted by Gasteiger charge is 2.25. The maximum absolute atomic E-state index is 15.0. The third kappa shape index (κ3) is 3.54. The lowest BCUT2D eigenvalue weighted by Gasteiger charge is -2.24. The van der Waals surface area contributed by atoms with Crippen LogP contribution in [0.25, 0.3) is 27.9 Å². The third-order valence-electron chi connectivity index (χ3n) is 7.20. The van der Waals surface area contributed by atoms with Crippen LogP contribution in [0.4, 0.5) is 10.3 Å². The van der Waals surface area contributed by atoms with Crippen LogP contribution < -0.4 is 10.6 Å². The molecule has 1 fully saturated rings. The number of rotatable bonds is 4. The van der Waals surface area contributed by atoms with E-state index in [1.807, 2.05) is 6.07 Å². The molecule has 176 valence electrons. The summed E-state index contributed by atoms with van der Waals surface area (Å²) in [4.78, 5) is 17.4. The first-order valence-electron chi connectivity index (χ1n) is 12.2. The number of para-hydroxylation sites is 1. The minimum atomic E-state index is -0.326. The molecule has 4 aromatic heterocycles. The van der Waals surface area contributed by atoms with Crippen LogP contribution in [0.5, 0.6) is 0 Å². The highest BCUT2D eigenvalue weighted by atomic mass is 19.1. The molecule has 0 spiro atoms. The Hall–Kier alpha value is -3.85. The van der Waals surface area contributed by atoms with Gasteiger partial charge in [-0.05, 0) is 56.3 Å². The topological polar surface area (TPSA) is 95.8 Å². The summed E-state index contributed by atoms with van der Waals surface area (Å²) in [6.07, 6.45) is 8.13. The van der Waals surface area contributed by atoms with Crippen molar-refractivity contribution in [2.45, 2.75) is 44.2 Å². The van der Waals surface area contributed by atoms with Crippen LogP contribution in [0.3, 0.4) is 0 Å². The predicted molar refractivity (Wildman–Crippen MR) is 132 cm³/mol. The van der Waals surface area contributed by atoms with Crippen molar-refractivity contribution in [2.75, 3.05) is 11.9 Å². The molecular weight excluding hydrogens is 443 g/mol. The second-order valence-electron chi connectivity index (χ2n) is 9.42. The van der Waals surface area contributed by atoms with Gasteiger partial charge < -0.3 is 15.6 Å². The van der Waals surface area contributed by atoms with Gasteiger partial charge in [-0.3, -0.25) is 4.98 Å². The summed E-state index contributed by atoms with van der Waals surface area (Å²) in [5.41, 5.74) is 5.53. The molecule has 0 radical (unpaired) electrons. The number of aromatic nitrogens is 6. The lowest BCUT2D eigenvalue weighted by atomic mass is 9.91. The lowest BCUT2D eigenvalue weighted by Crippen LogP contribution is -2.29. The first-order chi connectivity index (χ1) is 17.2. The molecule has 7 rings (SSSR count). The van der Waals surface area contributed by atoms with Crippen molar-refractivity contribution in [2.24, 2.45) is 0 Å². The fourth-order valence-corrected chi connectivity index (χ4v) is 5.47. The highest BCUT2D eigenvalue weighted by Crippen LogP contribution is 2.31. The summed E-state index contributed by atoms with van der Waals surface area (Å²) in [6, 6.07) is 11.9. The first kappa shape index (κ1) is 20.5. The van der Waals surface area contributed by atoms with Crippen LogP contribution in [0.1, 0.15) is 42.3 Å². The van der Waals surface area contributed by atoms with E-state index >= 15 is 0 Å². The fourth-order valence-electron chi connectivity index (χ4n) is 5.47. The quantitative estimate of drug-likeness (QED) is 0.366. The van der Waals surface area contributed by atoms with E-state index in [4.69, 9.17) is 4.98 Å². The van der Waals surface area contributed by atoms with Gasteiger partial charge in [-0.25, -0.2) is 9.37 Å². The van der Waals surface area contributed by atoms with E-state index in [9.17, 15) is 4.39 Å². The molecule has 1 aromatic carbocycles. The highest BCUT2D eigenvalue weighted by molar-refractivity contribution is 5.85. The van der Waals surface area contributed by atoms with Crippen LogP contribution in [-0.4, -0.2) is 42.1 Å². The average Bonchev–Trinajstić information content (AvgIpc) is 3.63. The Bertz CT molecular complexity index is 1550. The second-order valence-corrected chi connectivity index (χ2v) is 9.42. The molecule has 5 aromatic rings. The van der Waals surface area contributed by atoms with E-state index in [0.29, 0.717) is 28.7 Å². The largest absolute Gasteiger partial charge is 0.358 e. The Morgan fingerprint density at radius 2 is 2.06 bits per heavy atom. The standard InChI is InChI=1S/C26H25FN8/c27-19-12-15(14-29-24(19)22-6-3-10-28-22)25-33-23-9-11-30-35(23)26(34-25)31-16-7-8-21-18(13-16)17-4-1-2-5-20(17)32-21/h1-2,4-5,9,11-12,14,16,22,28,32H,3,6-8,10,13H2,(H,31,33,34)/t16-,22-/m0/s1. The molecule has 35 heavy (non-hydrogen) atoms. The Balaban J connectivity index is 1.21. The van der Waals surface area contributed by atoms with E-state index in [1.54, 1.807) is 16.9 Å². The summed E-state index contributed by atoms with van der Waals surface area (Å²) in [6.45, 7) is 0.894. The number of H-pyrrole nitrogens is 1. The van der Waals surface area contributed by atoms with E-state index in [2.05, 4.69) is 54.9 Å². The Morgan fingerprint density at radius 1 is 1.11 bits per heavy atom. The number of benzene rings is 1. The maximum Gasteiger partial charge on any atom is 0.228 e. The minimum absolute atomic E-state index is 0.0276. The fraction of sp³-hybridized carbons (Fsp3) is 0.308. The number of hydrogen-bond donors (Lipinski definition) is 3. The van der Waals surface area contributed by atoms with Crippen LogP contribution in [0.2, 0.25) is 0 Å². The lowest BCUT2D eigenvalue weighted by molar-refractivity contribution is 0.541. The number of hydrogen-bond acceptors (Lipinski definition) is 6. The number of nitrogens with zero attached hydrogens (tertiary/aromatic N) is 5. The van der Waals surface area contributed by atoms with Gasteiger partial charge in [0.2, 0.25) is 5.95 Å². The predicted octanol–water partition coefficient (Wildman–Crippen LogP) is 4.20. The molecule has 2 aliphatic rings. The summed E-state index contributed by atoms with van der Waals surface area (Å²) >= 11 is 0. The number of fused-ring (bicyclic) bond motifs is 4. The summed E-state index contributed by atoms with van der Waals surface area (Å²) < 4.78 is 16.7. The summed E-state index contributed by atoms with van der Waals surface area (Å²) in [7, 11) is 0. The smallest absolute Gasteiger partial charge is 0.228 e. The molecular formula is C26H25FN8. The van der Waals surface area contributed by atoms with Gasteiger partial charge in [-0.15, -0.1) is 0 Å². The zero-order chi connectivity index (χ0) is 23.4. The number of aromatic amines is 1. The van der Waals surface area contributed by atoms with Crippen molar-refractivity contribution in [3.63, 3.8) is 0 Å². The van der Waals surface area contributed by atoms with Crippen molar-refractivity contribution in [1.82, 2.24) is 34.9 Å². The van der Waals surface area contributed by atoms with E-state index in [0.717, 1.165) is 38.6 Å². The number of aryl methyl sites for hydroxylation is 1. The van der Waals surface area contributed by atoms with Crippen molar-refractivity contribution in [3.8, 4) is 11.4 Å². The number of anilines is 1. The molecule has 3 N–H and O–H groups in total. The maximum atomic E-state index is 15.0. The Labute approximate surface area is 201 Å². The Kier molecular flexibility index (Phi) is 4.76. The molecule has 0 amide bonds. The molecule has 1 aliphatic heterocycles. The van der Waals surface area contributed by atoms with Crippen LogP contribution in [0, 0.1) is 5.82 Å². The van der Waals surface area contributed by atoms with Crippen molar-refractivity contribution < 1.29 is 4.39 Å². The average molecular weight is 469 g/mol. The van der Waals surface area contributed by atoms with E-state index in [1.165, 1.54) is 28.2 Å². The molecule has 9 heteroatoms. The Morgan fingerprint density at radius 3 is 2.94 bits per heavy atom. The van der Waals surface area contributed by atoms with Crippen molar-refractivity contribution >= 4 is 22.5 Å². The molecule has 0 bridgehead atoms. The number of pyridine rings is 1. The SMILES string of the molecule is Fc1cc(-c2nc(N[C@H]3CCc4[nH]c5ccccc5c4C3)n3nccc3n2)cnc1[C@@H]1CCCN1. The third-order valence-corrected chi connectivity index (χ3v) is 7.20. The molecule has 8 nitrogen and oxygen atoms in total. The molecule has 1 saturated heterocycles. The molecule has 1 aliphatic carbocycles. The van der Waals surface area contributed by atoms with Gasteiger partial charge in [0.05, 0.1) is 17.9 Å². The van der Waals surface area contributed by atoms with Gasteiger partial charge in [0.25, 0.3) is 0 Å². The zero-order valence-corrected chi connectivity index (χ0v) is 19.1. The van der Waals surface area contributed by atoms with Crippen molar-refractivity contribution in [3.05, 3.63) is 71.6 Å². The van der Waals surface area contributed by atoms with Gasteiger partial charge in [0.1, 0.15) is 5.82 Å².